The number of rotatable bonds is 11. The van der Waals surface area contributed by atoms with Gasteiger partial charge in [0.15, 0.2) is 0 Å². The Morgan fingerprint density at radius 1 is 1.00 bits per heavy atom. The Morgan fingerprint density at radius 3 is 2.58 bits per heavy atom. The second kappa shape index (κ2) is 12.9. The highest BCUT2D eigenvalue weighted by molar-refractivity contribution is 5.81. The van der Waals surface area contributed by atoms with E-state index in [2.05, 4.69) is 49.4 Å². The van der Waals surface area contributed by atoms with Crippen molar-refractivity contribution in [2.24, 2.45) is 0 Å². The van der Waals surface area contributed by atoms with E-state index in [0.29, 0.717) is 63.8 Å². The third kappa shape index (κ3) is 6.69. The number of anilines is 4. The second-order valence-corrected chi connectivity index (χ2v) is 11.4. The first kappa shape index (κ1) is 28.8. The van der Waals surface area contributed by atoms with Crippen molar-refractivity contribution in [1.82, 2.24) is 44.6 Å². The third-order valence-corrected chi connectivity index (χ3v) is 7.98. The number of aryl methyl sites for hydroxylation is 1. The topological polar surface area (TPSA) is 135 Å². The molecule has 14 heteroatoms. The highest BCUT2D eigenvalue weighted by atomic mass is 16.5. The minimum atomic E-state index is 0.135. The zero-order valence-corrected chi connectivity index (χ0v) is 25.2. The summed E-state index contributed by atoms with van der Waals surface area (Å²) in [4.78, 5) is 33.9. The lowest BCUT2D eigenvalue weighted by molar-refractivity contribution is -0.131. The van der Waals surface area contributed by atoms with E-state index < -0.39 is 0 Å². The lowest BCUT2D eigenvalue weighted by Crippen LogP contribution is -2.49. The number of nitrogens with zero attached hydrogens (tertiary/aromatic N) is 11. The van der Waals surface area contributed by atoms with Crippen LogP contribution in [0.5, 0.6) is 0 Å². The predicted octanol–water partition coefficient (Wildman–Crippen LogP) is 2.67. The van der Waals surface area contributed by atoms with Crippen LogP contribution in [-0.4, -0.2) is 104 Å². The van der Waals surface area contributed by atoms with E-state index >= 15 is 0 Å². The van der Waals surface area contributed by atoms with Crippen molar-refractivity contribution in [2.75, 3.05) is 68.1 Å². The van der Waals surface area contributed by atoms with Gasteiger partial charge in [0.1, 0.15) is 17.5 Å². The fourth-order valence-corrected chi connectivity index (χ4v) is 5.58. The Hall–Kier alpha value is -4.33. The average Bonchev–Trinajstić information content (AvgIpc) is 3.80. The molecule has 228 valence electrons. The van der Waals surface area contributed by atoms with Crippen molar-refractivity contribution in [3.05, 3.63) is 36.4 Å². The molecule has 0 atom stereocenters. The number of piperazine rings is 1. The van der Waals surface area contributed by atoms with Crippen LogP contribution in [0.4, 0.5) is 23.4 Å². The Kier molecular flexibility index (Phi) is 8.63. The summed E-state index contributed by atoms with van der Waals surface area (Å²) in [7, 11) is 1.66. The smallest absolute Gasteiger partial charge is 0.229 e. The summed E-state index contributed by atoms with van der Waals surface area (Å²) >= 11 is 0. The van der Waals surface area contributed by atoms with Gasteiger partial charge in [-0.1, -0.05) is 5.21 Å². The zero-order chi connectivity index (χ0) is 29.8. The lowest BCUT2D eigenvalue weighted by atomic mass is 10.2. The molecule has 4 aromatic rings. The number of amides is 1. The minimum absolute atomic E-state index is 0.135. The molecule has 2 fully saturated rings. The number of hydrogen-bond donors (Lipinski definition) is 1. The van der Waals surface area contributed by atoms with Gasteiger partial charge in [-0.3, -0.25) is 9.48 Å². The van der Waals surface area contributed by atoms with Gasteiger partial charge in [0.05, 0.1) is 30.6 Å². The van der Waals surface area contributed by atoms with Crippen LogP contribution in [-0.2, 0) is 22.5 Å². The van der Waals surface area contributed by atoms with E-state index in [1.165, 1.54) is 0 Å². The summed E-state index contributed by atoms with van der Waals surface area (Å²) in [6.45, 7) is 10.0. The molecule has 0 unspecified atom stereocenters. The van der Waals surface area contributed by atoms with Crippen molar-refractivity contribution < 1.29 is 9.53 Å². The summed E-state index contributed by atoms with van der Waals surface area (Å²) in [6.07, 6.45) is 8.83. The van der Waals surface area contributed by atoms with Gasteiger partial charge in [-0.2, -0.15) is 15.1 Å². The van der Waals surface area contributed by atoms with Crippen LogP contribution >= 0.6 is 0 Å². The average molecular weight is 589 g/mol. The van der Waals surface area contributed by atoms with Crippen LogP contribution in [0.15, 0.2) is 30.7 Å². The molecule has 6 rings (SSSR count). The quantitative estimate of drug-likeness (QED) is 0.277. The van der Waals surface area contributed by atoms with Gasteiger partial charge in [-0.15, -0.1) is 5.10 Å². The minimum Gasteiger partial charge on any atom is -0.383 e. The van der Waals surface area contributed by atoms with Gasteiger partial charge >= 0.3 is 0 Å². The molecule has 1 amide bonds. The number of aromatic nitrogens is 8. The first-order chi connectivity index (χ1) is 21.0. The standard InChI is InChI=1S/C29H40N12O2/c1-21(2)41-24-16-25(30-18-22(24)19-31-41)32-26-17-27(34-29(33-26)39-8-4-5-9-39)37-10-12-38(13-11-37)28(42)7-6-23-20-40(36-35-23)14-15-43-3/h16-21H,4-15H2,1-3H3,(H,30,32,33,34). The summed E-state index contributed by atoms with van der Waals surface area (Å²) in [6, 6.07) is 4.24. The maximum Gasteiger partial charge on any atom is 0.229 e. The van der Waals surface area contributed by atoms with Crippen molar-refractivity contribution in [3.63, 3.8) is 0 Å². The largest absolute Gasteiger partial charge is 0.383 e. The van der Waals surface area contributed by atoms with E-state index in [1.807, 2.05) is 40.3 Å². The number of carbonyl (C=O) groups excluding carboxylic acids is 1. The van der Waals surface area contributed by atoms with Gasteiger partial charge in [-0.05, 0) is 26.7 Å². The molecule has 0 aliphatic carbocycles. The first-order valence-corrected chi connectivity index (χ1v) is 15.1. The van der Waals surface area contributed by atoms with Crippen LogP contribution in [0.2, 0.25) is 0 Å². The Morgan fingerprint density at radius 2 is 1.81 bits per heavy atom. The number of methoxy groups -OCH3 is 1. The van der Waals surface area contributed by atoms with Crippen LogP contribution in [0.1, 0.15) is 44.8 Å². The molecule has 2 aliphatic rings. The van der Waals surface area contributed by atoms with Crippen molar-refractivity contribution in [2.45, 2.75) is 52.1 Å². The second-order valence-electron chi connectivity index (χ2n) is 11.4. The number of pyridine rings is 1. The molecular weight excluding hydrogens is 548 g/mol. The Labute approximate surface area is 251 Å². The van der Waals surface area contributed by atoms with Crippen molar-refractivity contribution >= 4 is 40.2 Å². The molecule has 0 bridgehead atoms. The fourth-order valence-electron chi connectivity index (χ4n) is 5.58. The molecule has 14 nitrogen and oxygen atoms in total. The highest BCUT2D eigenvalue weighted by Gasteiger charge is 2.24. The molecule has 0 saturated carbocycles. The van der Waals surface area contributed by atoms with Crippen molar-refractivity contribution in [3.8, 4) is 0 Å². The van der Waals surface area contributed by atoms with E-state index in [9.17, 15) is 4.79 Å². The lowest BCUT2D eigenvalue weighted by Gasteiger charge is -2.36. The molecular formula is C29H40N12O2. The molecule has 1 N–H and O–H groups in total. The molecule has 2 saturated heterocycles. The Balaban J connectivity index is 1.12. The molecule has 0 aromatic carbocycles. The van der Waals surface area contributed by atoms with E-state index in [-0.39, 0.29) is 11.9 Å². The summed E-state index contributed by atoms with van der Waals surface area (Å²) in [5.41, 5.74) is 1.85. The van der Waals surface area contributed by atoms with Crippen LogP contribution in [0, 0.1) is 0 Å². The molecule has 6 heterocycles. The van der Waals surface area contributed by atoms with E-state index in [0.717, 1.165) is 54.3 Å². The maximum absolute atomic E-state index is 13.0. The molecule has 4 aromatic heterocycles. The highest BCUT2D eigenvalue weighted by Crippen LogP contribution is 2.27. The van der Waals surface area contributed by atoms with E-state index in [1.54, 1.807) is 11.8 Å². The monoisotopic (exact) mass is 588 g/mol. The number of ether oxygens (including phenoxy) is 1. The molecule has 0 radical (unpaired) electrons. The number of fused-ring (bicyclic) bond motifs is 1. The predicted molar refractivity (Wildman–Crippen MR) is 164 cm³/mol. The number of nitrogens with one attached hydrogen (secondary N) is 1. The van der Waals surface area contributed by atoms with Crippen LogP contribution in [0.3, 0.4) is 0 Å². The molecule has 2 aliphatic heterocycles. The van der Waals surface area contributed by atoms with E-state index in [4.69, 9.17) is 14.7 Å². The van der Waals surface area contributed by atoms with Crippen LogP contribution in [0.25, 0.3) is 10.9 Å². The normalized spacial score (nSPS) is 15.7. The summed E-state index contributed by atoms with van der Waals surface area (Å²) < 4.78 is 8.83. The fraction of sp³-hybridized carbons (Fsp3) is 0.552. The van der Waals surface area contributed by atoms with Crippen LogP contribution < -0.4 is 15.1 Å². The summed E-state index contributed by atoms with van der Waals surface area (Å²) in [5, 5.41) is 17.2. The first-order valence-electron chi connectivity index (χ1n) is 15.1. The maximum atomic E-state index is 13.0. The Bertz CT molecular complexity index is 1540. The SMILES string of the molecule is COCCn1cc(CCC(=O)N2CCN(c3cc(Nc4cc5c(cn4)cnn5C(C)C)nc(N4CCCC4)n3)CC2)nn1. The summed E-state index contributed by atoms with van der Waals surface area (Å²) in [5.74, 6) is 3.12. The number of carbonyl (C=O) groups is 1. The molecule has 43 heavy (non-hydrogen) atoms. The zero-order valence-electron chi connectivity index (χ0n) is 25.2. The van der Waals surface area contributed by atoms with Gasteiger partial charge in [0.25, 0.3) is 0 Å². The molecule has 0 spiro atoms. The van der Waals surface area contributed by atoms with Gasteiger partial charge in [0.2, 0.25) is 11.9 Å². The van der Waals surface area contributed by atoms with Gasteiger partial charge in [-0.25, -0.2) is 9.67 Å². The van der Waals surface area contributed by atoms with Gasteiger partial charge in [0, 0.05) is 95.2 Å². The van der Waals surface area contributed by atoms with Crippen molar-refractivity contribution in [1.29, 1.82) is 0 Å². The number of hydrogen-bond acceptors (Lipinski definition) is 11. The third-order valence-electron chi connectivity index (χ3n) is 7.98. The van der Waals surface area contributed by atoms with Gasteiger partial charge < -0.3 is 24.8 Å².